The molecule has 0 atom stereocenters. The number of benzene rings is 2. The maximum Gasteiger partial charge on any atom is 0.175 e. The summed E-state index contributed by atoms with van der Waals surface area (Å²) in [4.78, 5) is 0. The van der Waals surface area contributed by atoms with Crippen LogP contribution in [0.5, 0.6) is 0 Å². The van der Waals surface area contributed by atoms with Gasteiger partial charge in [-0.2, -0.15) is 0 Å². The summed E-state index contributed by atoms with van der Waals surface area (Å²) in [5.41, 5.74) is 3.05. The van der Waals surface area contributed by atoms with Crippen LogP contribution in [0.25, 0.3) is 0 Å². The van der Waals surface area contributed by atoms with Crippen LogP contribution in [-0.4, -0.2) is 5.11 Å². The van der Waals surface area contributed by atoms with Gasteiger partial charge in [-0.25, -0.2) is 0 Å². The van der Waals surface area contributed by atoms with Crippen LogP contribution in [0.4, 0.5) is 11.4 Å². The number of thiocarbonyl (C=S) groups is 1. The van der Waals surface area contributed by atoms with Gasteiger partial charge in [-0.15, -0.1) is 0 Å². The van der Waals surface area contributed by atoms with Gasteiger partial charge in [0.25, 0.3) is 0 Å². The summed E-state index contributed by atoms with van der Waals surface area (Å²) in [6.07, 6.45) is 0. The zero-order valence-electron chi connectivity index (χ0n) is 10.2. The van der Waals surface area contributed by atoms with E-state index in [0.717, 1.165) is 20.3 Å². The minimum atomic E-state index is 0.552. The molecule has 2 aromatic carbocycles. The number of aryl methyl sites for hydroxylation is 1. The number of hydrogen-bond acceptors (Lipinski definition) is 1. The van der Waals surface area contributed by atoms with Gasteiger partial charge in [0.2, 0.25) is 0 Å². The first kappa shape index (κ1) is 14.5. The van der Waals surface area contributed by atoms with Crippen molar-refractivity contribution in [1.29, 1.82) is 0 Å². The molecule has 2 aromatic rings. The van der Waals surface area contributed by atoms with Crippen LogP contribution >= 0.6 is 44.1 Å². The van der Waals surface area contributed by atoms with Crippen molar-refractivity contribution in [3.8, 4) is 0 Å². The Morgan fingerprint density at radius 3 is 2.16 bits per heavy atom. The third-order valence-electron chi connectivity index (χ3n) is 2.46. The molecule has 0 spiro atoms. The Balaban J connectivity index is 2.12. The lowest BCUT2D eigenvalue weighted by Gasteiger charge is -2.14. The third-order valence-corrected chi connectivity index (χ3v) is 3.91. The first-order valence-electron chi connectivity index (χ1n) is 5.65. The summed E-state index contributed by atoms with van der Waals surface area (Å²) >= 11 is 12.4. The summed E-state index contributed by atoms with van der Waals surface area (Å²) in [7, 11) is 0. The van der Waals surface area contributed by atoms with Crippen LogP contribution in [-0.2, 0) is 0 Å². The summed E-state index contributed by atoms with van der Waals surface area (Å²) in [6.45, 7) is 2.04. The normalized spacial score (nSPS) is 10.1. The van der Waals surface area contributed by atoms with Gasteiger partial charge in [0.1, 0.15) is 0 Å². The van der Waals surface area contributed by atoms with Gasteiger partial charge in [0.15, 0.2) is 5.11 Å². The summed E-state index contributed by atoms with van der Waals surface area (Å²) < 4.78 is 1.94. The van der Waals surface area contributed by atoms with Crippen LogP contribution in [0.15, 0.2) is 51.4 Å². The van der Waals surface area contributed by atoms with Crippen molar-refractivity contribution >= 4 is 60.6 Å². The summed E-state index contributed by atoms with van der Waals surface area (Å²) in [5, 5.41) is 6.87. The Kier molecular flexibility index (Phi) is 4.96. The first-order chi connectivity index (χ1) is 9.06. The van der Waals surface area contributed by atoms with Gasteiger partial charge in [-0.3, -0.25) is 0 Å². The molecule has 0 heterocycles. The van der Waals surface area contributed by atoms with E-state index in [2.05, 4.69) is 42.5 Å². The van der Waals surface area contributed by atoms with Crippen LogP contribution < -0.4 is 10.6 Å². The fourth-order valence-corrected chi connectivity index (χ4v) is 3.45. The number of halogens is 2. The summed E-state index contributed by atoms with van der Waals surface area (Å²) in [5.74, 6) is 0. The molecule has 0 unspecified atom stereocenters. The maximum absolute atomic E-state index is 5.31. The second kappa shape index (κ2) is 6.50. The molecule has 0 aliphatic carbocycles. The lowest BCUT2D eigenvalue weighted by Crippen LogP contribution is -2.19. The van der Waals surface area contributed by atoms with Gasteiger partial charge < -0.3 is 10.6 Å². The molecule has 0 aromatic heterocycles. The van der Waals surface area contributed by atoms with E-state index in [1.54, 1.807) is 0 Å². The molecule has 0 radical (unpaired) electrons. The van der Waals surface area contributed by atoms with Crippen molar-refractivity contribution in [2.45, 2.75) is 6.92 Å². The minimum absolute atomic E-state index is 0.552. The number of hydrogen-bond donors (Lipinski definition) is 2. The second-order valence-corrected chi connectivity index (χ2v) is 6.17. The molecule has 0 saturated carbocycles. The fraction of sp³-hybridized carbons (Fsp3) is 0.0714. The van der Waals surface area contributed by atoms with Gasteiger partial charge in [0.05, 0.1) is 5.69 Å². The molecule has 0 fully saturated rings. The van der Waals surface area contributed by atoms with E-state index in [1.165, 1.54) is 5.56 Å². The molecule has 2 rings (SSSR count). The van der Waals surface area contributed by atoms with Crippen molar-refractivity contribution < 1.29 is 0 Å². The number of rotatable bonds is 2. The van der Waals surface area contributed by atoms with E-state index in [9.17, 15) is 0 Å². The monoisotopic (exact) mass is 398 g/mol. The lowest BCUT2D eigenvalue weighted by molar-refractivity contribution is 1.42. The topological polar surface area (TPSA) is 24.1 Å². The predicted molar refractivity (Wildman–Crippen MR) is 92.9 cm³/mol. The molecule has 2 N–H and O–H groups in total. The Labute approximate surface area is 134 Å². The van der Waals surface area contributed by atoms with Crippen LogP contribution in [0.3, 0.4) is 0 Å². The fourth-order valence-electron chi connectivity index (χ4n) is 1.62. The van der Waals surface area contributed by atoms with Crippen molar-refractivity contribution in [3.63, 3.8) is 0 Å². The third kappa shape index (κ3) is 4.03. The lowest BCUT2D eigenvalue weighted by atomic mass is 10.2. The van der Waals surface area contributed by atoms with E-state index >= 15 is 0 Å². The Bertz CT molecular complexity index is 577. The average Bonchev–Trinajstić information content (AvgIpc) is 2.35. The molecule has 98 valence electrons. The van der Waals surface area contributed by atoms with Crippen molar-refractivity contribution in [2.75, 3.05) is 10.6 Å². The highest BCUT2D eigenvalue weighted by Gasteiger charge is 2.08. The smallest absolute Gasteiger partial charge is 0.175 e. The van der Waals surface area contributed by atoms with Gasteiger partial charge in [0, 0.05) is 14.6 Å². The van der Waals surface area contributed by atoms with Gasteiger partial charge in [-0.1, -0.05) is 18.2 Å². The van der Waals surface area contributed by atoms with Crippen LogP contribution in [0.2, 0.25) is 0 Å². The molecule has 0 amide bonds. The molecule has 0 aliphatic rings. The van der Waals surface area contributed by atoms with Gasteiger partial charge in [-0.05, 0) is 80.8 Å². The van der Waals surface area contributed by atoms with Crippen molar-refractivity contribution in [2.24, 2.45) is 0 Å². The van der Waals surface area contributed by atoms with E-state index in [1.807, 2.05) is 49.4 Å². The molecule has 0 bridgehead atoms. The van der Waals surface area contributed by atoms with Gasteiger partial charge >= 0.3 is 0 Å². The molecular formula is C14H12Br2N2S. The van der Waals surface area contributed by atoms with E-state index in [4.69, 9.17) is 12.2 Å². The number of anilines is 2. The number of para-hydroxylation sites is 1. The van der Waals surface area contributed by atoms with Crippen molar-refractivity contribution in [3.05, 3.63) is 57.0 Å². The second-order valence-electron chi connectivity index (χ2n) is 4.05. The molecule has 19 heavy (non-hydrogen) atoms. The van der Waals surface area contributed by atoms with Crippen LogP contribution in [0, 0.1) is 6.92 Å². The highest BCUT2D eigenvalue weighted by molar-refractivity contribution is 9.11. The van der Waals surface area contributed by atoms with Crippen LogP contribution in [0.1, 0.15) is 5.56 Å². The Hall–Kier alpha value is -0.910. The zero-order chi connectivity index (χ0) is 13.8. The average molecular weight is 400 g/mol. The molecule has 0 aliphatic heterocycles. The molecule has 2 nitrogen and oxygen atoms in total. The quantitative estimate of drug-likeness (QED) is 0.667. The molecule has 0 saturated heterocycles. The zero-order valence-corrected chi connectivity index (χ0v) is 14.2. The minimum Gasteiger partial charge on any atom is -0.332 e. The highest BCUT2D eigenvalue weighted by atomic mass is 79.9. The number of nitrogens with one attached hydrogen (secondary N) is 2. The Morgan fingerprint density at radius 1 is 1.00 bits per heavy atom. The first-order valence-corrected chi connectivity index (χ1v) is 7.64. The summed E-state index contributed by atoms with van der Waals surface area (Å²) in [6, 6.07) is 13.9. The van der Waals surface area contributed by atoms with E-state index in [-0.39, 0.29) is 0 Å². The highest BCUT2D eigenvalue weighted by Crippen LogP contribution is 2.32. The van der Waals surface area contributed by atoms with E-state index < -0.39 is 0 Å². The van der Waals surface area contributed by atoms with E-state index in [0.29, 0.717) is 5.11 Å². The standard InChI is InChI=1S/C14H12Br2N2S/c1-9-7-11(15)13(12(16)8-9)18-14(19)17-10-5-3-2-4-6-10/h2-8H,1H3,(H2,17,18,19). The Morgan fingerprint density at radius 2 is 1.58 bits per heavy atom. The van der Waals surface area contributed by atoms with Crippen molar-refractivity contribution in [1.82, 2.24) is 0 Å². The SMILES string of the molecule is Cc1cc(Br)c(NC(=S)Nc2ccccc2)c(Br)c1. The maximum atomic E-state index is 5.31. The molecule has 5 heteroatoms. The largest absolute Gasteiger partial charge is 0.332 e. The molecular weight excluding hydrogens is 388 g/mol. The predicted octanol–water partition coefficient (Wildman–Crippen LogP) is 5.33.